The first-order valence-electron chi connectivity index (χ1n) is 8.98. The van der Waals surface area contributed by atoms with Crippen molar-refractivity contribution in [2.45, 2.75) is 26.8 Å². The molecule has 2 heterocycles. The number of sulfonamides is 1. The fraction of sp³-hybridized carbons (Fsp3) is 0.500. The van der Waals surface area contributed by atoms with E-state index >= 15 is 0 Å². The average Bonchev–Trinajstić information content (AvgIpc) is 3.12. The van der Waals surface area contributed by atoms with E-state index in [4.69, 9.17) is 4.42 Å². The largest absolute Gasteiger partial charge is 0.459 e. The molecule has 1 aliphatic heterocycles. The van der Waals surface area contributed by atoms with Gasteiger partial charge in [-0.05, 0) is 26.3 Å². The molecule has 1 aliphatic rings. The normalized spacial score (nSPS) is 17.7. The van der Waals surface area contributed by atoms with Crippen molar-refractivity contribution in [1.29, 1.82) is 0 Å². The highest BCUT2D eigenvalue weighted by atomic mass is 32.2. The first-order chi connectivity index (χ1) is 12.5. The lowest BCUT2D eigenvalue weighted by Crippen LogP contribution is -2.42. The van der Waals surface area contributed by atoms with Gasteiger partial charge in [0.2, 0.25) is 10.0 Å². The molecule has 26 heavy (non-hydrogen) atoms. The summed E-state index contributed by atoms with van der Waals surface area (Å²) in [6, 6.07) is 7.95. The van der Waals surface area contributed by atoms with Crippen LogP contribution in [0.3, 0.4) is 0 Å². The number of furan rings is 1. The molecule has 0 aliphatic carbocycles. The summed E-state index contributed by atoms with van der Waals surface area (Å²) in [6.07, 6.45) is 0.710. The van der Waals surface area contributed by atoms with Crippen LogP contribution in [0.15, 0.2) is 33.7 Å². The molecule has 3 rings (SSSR count). The third-order valence-electron chi connectivity index (χ3n) is 4.52. The summed E-state index contributed by atoms with van der Waals surface area (Å²) in [6.45, 7) is 6.77. The molecule has 2 aromatic rings. The van der Waals surface area contributed by atoms with Gasteiger partial charge in [0, 0.05) is 37.1 Å². The van der Waals surface area contributed by atoms with Crippen LogP contribution in [-0.4, -0.2) is 50.6 Å². The molecule has 0 atom stereocenters. The second-order valence-electron chi connectivity index (χ2n) is 6.34. The molecule has 0 saturated carbocycles. The van der Waals surface area contributed by atoms with Crippen molar-refractivity contribution < 1.29 is 12.8 Å². The minimum atomic E-state index is -3.05. The Morgan fingerprint density at radius 1 is 1.31 bits per heavy atom. The second kappa shape index (κ2) is 8.09. The van der Waals surface area contributed by atoms with Crippen molar-refractivity contribution in [3.05, 3.63) is 35.6 Å². The van der Waals surface area contributed by atoms with Gasteiger partial charge in [-0.1, -0.05) is 18.2 Å². The molecule has 1 saturated heterocycles. The molecule has 0 amide bonds. The molecule has 1 aromatic carbocycles. The van der Waals surface area contributed by atoms with E-state index in [0.29, 0.717) is 38.6 Å². The van der Waals surface area contributed by atoms with Crippen molar-refractivity contribution in [2.24, 2.45) is 4.99 Å². The van der Waals surface area contributed by atoms with Crippen molar-refractivity contribution in [3.8, 4) is 0 Å². The summed E-state index contributed by atoms with van der Waals surface area (Å²) in [7, 11) is -3.05. The van der Waals surface area contributed by atoms with Crippen LogP contribution in [0, 0.1) is 6.92 Å². The maximum atomic E-state index is 11.8. The minimum absolute atomic E-state index is 0.256. The lowest BCUT2D eigenvalue weighted by atomic mass is 10.1. The first kappa shape index (κ1) is 18.7. The van der Waals surface area contributed by atoms with Gasteiger partial charge in [0.15, 0.2) is 5.96 Å². The van der Waals surface area contributed by atoms with E-state index in [0.717, 1.165) is 28.8 Å². The zero-order valence-corrected chi connectivity index (χ0v) is 16.1. The minimum Gasteiger partial charge on any atom is -0.459 e. The highest BCUT2D eigenvalue weighted by Gasteiger charge is 2.27. The van der Waals surface area contributed by atoms with Crippen LogP contribution in [0.1, 0.15) is 24.7 Å². The molecule has 0 bridgehead atoms. The van der Waals surface area contributed by atoms with E-state index in [1.165, 1.54) is 4.31 Å². The lowest BCUT2D eigenvalue weighted by Gasteiger charge is -2.16. The van der Waals surface area contributed by atoms with E-state index < -0.39 is 10.0 Å². The predicted octanol–water partition coefficient (Wildman–Crippen LogP) is 1.83. The fourth-order valence-corrected chi connectivity index (χ4v) is 4.64. The quantitative estimate of drug-likeness (QED) is 0.592. The predicted molar refractivity (Wildman–Crippen MR) is 104 cm³/mol. The molecule has 1 aromatic heterocycles. The third-order valence-corrected chi connectivity index (χ3v) is 6.48. The Labute approximate surface area is 154 Å². The second-order valence-corrected chi connectivity index (χ2v) is 8.43. The van der Waals surface area contributed by atoms with Gasteiger partial charge in [-0.2, -0.15) is 0 Å². The zero-order valence-electron chi connectivity index (χ0n) is 15.3. The van der Waals surface area contributed by atoms with Gasteiger partial charge in [-0.15, -0.1) is 0 Å². The number of aliphatic imine (C=N–C) groups is 1. The Hall–Kier alpha value is -2.06. The number of nitrogens with zero attached hydrogens (tertiary/aromatic N) is 2. The Morgan fingerprint density at radius 3 is 2.81 bits per heavy atom. The van der Waals surface area contributed by atoms with Gasteiger partial charge in [-0.25, -0.2) is 17.7 Å². The molecule has 8 heteroatoms. The topological polar surface area (TPSA) is 86.9 Å². The van der Waals surface area contributed by atoms with Gasteiger partial charge < -0.3 is 15.1 Å². The maximum absolute atomic E-state index is 11.8. The van der Waals surface area contributed by atoms with E-state index in [1.54, 1.807) is 0 Å². The number of hydrogen-bond donors (Lipinski definition) is 2. The van der Waals surface area contributed by atoms with Crippen LogP contribution in [0.5, 0.6) is 0 Å². The first-order valence-corrected chi connectivity index (χ1v) is 10.6. The smallest absolute Gasteiger partial charge is 0.214 e. The van der Waals surface area contributed by atoms with E-state index in [1.807, 2.05) is 38.1 Å². The number of aryl methyl sites for hydroxylation is 1. The molecule has 2 N–H and O–H groups in total. The van der Waals surface area contributed by atoms with E-state index in [9.17, 15) is 8.42 Å². The van der Waals surface area contributed by atoms with Gasteiger partial charge in [-0.3, -0.25) is 0 Å². The molecule has 0 spiro atoms. The van der Waals surface area contributed by atoms with Crippen LogP contribution >= 0.6 is 0 Å². The van der Waals surface area contributed by atoms with E-state index in [2.05, 4.69) is 15.6 Å². The third kappa shape index (κ3) is 4.19. The molecule has 142 valence electrons. The number of nitrogens with one attached hydrogen (secondary N) is 2. The van der Waals surface area contributed by atoms with Crippen molar-refractivity contribution in [2.75, 3.05) is 31.9 Å². The zero-order chi connectivity index (χ0) is 18.6. The summed E-state index contributed by atoms with van der Waals surface area (Å²) in [5.41, 5.74) is 1.97. The lowest BCUT2D eigenvalue weighted by molar-refractivity contribution is 0.445. The van der Waals surface area contributed by atoms with Crippen LogP contribution in [0.4, 0.5) is 0 Å². The van der Waals surface area contributed by atoms with Crippen molar-refractivity contribution >= 4 is 27.0 Å². The van der Waals surface area contributed by atoms with E-state index in [-0.39, 0.29) is 5.75 Å². The highest BCUT2D eigenvalue weighted by Crippen LogP contribution is 2.25. The number of benzene rings is 1. The Bertz CT molecular complexity index is 889. The van der Waals surface area contributed by atoms with Gasteiger partial charge in [0.1, 0.15) is 17.9 Å². The van der Waals surface area contributed by atoms with Crippen LogP contribution in [0.25, 0.3) is 11.0 Å². The number of hydrogen-bond acceptors (Lipinski definition) is 4. The highest BCUT2D eigenvalue weighted by molar-refractivity contribution is 7.89. The van der Waals surface area contributed by atoms with Crippen molar-refractivity contribution in [3.63, 3.8) is 0 Å². The SMILES string of the molecule is CCNC(=NCc1oc2ccccc2c1C)NCCN1CCCS1(=O)=O. The standard InChI is InChI=1S/C18H26N4O3S/c1-3-19-18(20-9-11-22-10-6-12-26(22,23)24)21-13-17-14(2)15-7-4-5-8-16(15)25-17/h4-5,7-8H,3,6,9-13H2,1-2H3,(H2,19,20,21). The monoisotopic (exact) mass is 378 g/mol. The molecule has 0 unspecified atom stereocenters. The summed E-state index contributed by atoms with van der Waals surface area (Å²) in [5, 5.41) is 7.49. The Kier molecular flexibility index (Phi) is 5.83. The Morgan fingerprint density at radius 2 is 2.12 bits per heavy atom. The van der Waals surface area contributed by atoms with Crippen LogP contribution in [0.2, 0.25) is 0 Å². The Balaban J connectivity index is 1.62. The fourth-order valence-electron chi connectivity index (χ4n) is 3.11. The molecular weight excluding hydrogens is 352 g/mol. The molecule has 1 fully saturated rings. The molecule has 0 radical (unpaired) electrons. The number of rotatable bonds is 6. The van der Waals surface area contributed by atoms with Crippen LogP contribution in [-0.2, 0) is 16.6 Å². The van der Waals surface area contributed by atoms with Gasteiger partial charge >= 0.3 is 0 Å². The number of fused-ring (bicyclic) bond motifs is 1. The molecule has 7 nitrogen and oxygen atoms in total. The van der Waals surface area contributed by atoms with Crippen LogP contribution < -0.4 is 10.6 Å². The average molecular weight is 378 g/mol. The summed E-state index contributed by atoms with van der Waals surface area (Å²) in [5.74, 6) is 1.75. The molecular formula is C18H26N4O3S. The summed E-state index contributed by atoms with van der Waals surface area (Å²) in [4.78, 5) is 4.57. The maximum Gasteiger partial charge on any atom is 0.214 e. The number of guanidine groups is 1. The number of para-hydroxylation sites is 1. The van der Waals surface area contributed by atoms with Gasteiger partial charge in [0.25, 0.3) is 0 Å². The van der Waals surface area contributed by atoms with Crippen molar-refractivity contribution in [1.82, 2.24) is 14.9 Å². The summed E-state index contributed by atoms with van der Waals surface area (Å²) < 4.78 is 31.1. The van der Waals surface area contributed by atoms with Gasteiger partial charge in [0.05, 0.1) is 5.75 Å². The summed E-state index contributed by atoms with van der Waals surface area (Å²) >= 11 is 0.